The molecule has 0 unspecified atom stereocenters. The minimum Gasteiger partial charge on any atom is -0.310 e. The van der Waals surface area contributed by atoms with Gasteiger partial charge in [-0.15, -0.1) is 0 Å². The lowest BCUT2D eigenvalue weighted by Crippen LogP contribution is -2.24. The predicted octanol–water partition coefficient (Wildman–Crippen LogP) is 1.99. The smallest absolute Gasteiger partial charge is 0.146 e. The number of hydrogen-bond donors (Lipinski definition) is 1. The average Bonchev–Trinajstić information content (AvgIpc) is 2.84. The molecular weight excluding hydrogens is 162 g/mol. The van der Waals surface area contributed by atoms with Gasteiger partial charge in [-0.3, -0.25) is 4.79 Å². The Morgan fingerprint density at radius 1 is 1.46 bits per heavy atom. The lowest BCUT2D eigenvalue weighted by atomic mass is 10.1. The molecule has 2 nitrogen and oxygen atoms in total. The molecule has 1 fully saturated rings. The molecule has 0 aromatic rings. The second-order valence-corrected chi connectivity index (χ2v) is 4.55. The van der Waals surface area contributed by atoms with Gasteiger partial charge in [-0.2, -0.15) is 0 Å². The summed E-state index contributed by atoms with van der Waals surface area (Å²) in [5, 5.41) is 3.22. The molecule has 13 heavy (non-hydrogen) atoms. The van der Waals surface area contributed by atoms with Crippen LogP contribution >= 0.6 is 0 Å². The Labute approximate surface area is 81.1 Å². The van der Waals surface area contributed by atoms with Crippen molar-refractivity contribution in [3.8, 4) is 0 Å². The third kappa shape index (κ3) is 5.81. The molecule has 1 aliphatic rings. The van der Waals surface area contributed by atoms with Gasteiger partial charge in [0.15, 0.2) is 0 Å². The minimum absolute atomic E-state index is 0.370. The Balaban J connectivity index is 1.90. The van der Waals surface area contributed by atoms with Gasteiger partial charge in [-0.1, -0.05) is 13.8 Å². The minimum atomic E-state index is 0.370. The van der Waals surface area contributed by atoms with Crippen LogP contribution in [0.2, 0.25) is 0 Å². The highest BCUT2D eigenvalue weighted by molar-refractivity contribution is 5.80. The Bertz CT molecular complexity index is 161. The Hall–Kier alpha value is -0.370. The van der Waals surface area contributed by atoms with Gasteiger partial charge in [-0.05, 0) is 37.6 Å². The van der Waals surface area contributed by atoms with Crippen molar-refractivity contribution >= 4 is 5.78 Å². The molecule has 0 aromatic heterocycles. The first-order valence-corrected chi connectivity index (χ1v) is 5.41. The second kappa shape index (κ2) is 5.38. The first-order chi connectivity index (χ1) is 6.18. The van der Waals surface area contributed by atoms with Gasteiger partial charge in [0, 0.05) is 6.42 Å². The van der Waals surface area contributed by atoms with Crippen molar-refractivity contribution in [1.29, 1.82) is 0 Å². The van der Waals surface area contributed by atoms with Gasteiger partial charge in [0.1, 0.15) is 5.78 Å². The summed E-state index contributed by atoms with van der Waals surface area (Å²) >= 11 is 0. The van der Waals surface area contributed by atoms with Crippen LogP contribution in [-0.2, 0) is 4.79 Å². The van der Waals surface area contributed by atoms with Crippen molar-refractivity contribution in [1.82, 2.24) is 5.32 Å². The molecule has 0 spiro atoms. The van der Waals surface area contributed by atoms with Crippen LogP contribution in [0.5, 0.6) is 0 Å². The molecule has 1 N–H and O–H groups in total. The van der Waals surface area contributed by atoms with Gasteiger partial charge in [-0.25, -0.2) is 0 Å². The van der Waals surface area contributed by atoms with Gasteiger partial charge in [0.25, 0.3) is 0 Å². The fraction of sp³-hybridized carbons (Fsp3) is 0.909. The van der Waals surface area contributed by atoms with Crippen LogP contribution in [0.1, 0.15) is 39.5 Å². The van der Waals surface area contributed by atoms with Crippen LogP contribution in [0, 0.1) is 11.8 Å². The Morgan fingerprint density at radius 2 is 2.15 bits per heavy atom. The fourth-order valence-electron chi connectivity index (χ4n) is 1.28. The van der Waals surface area contributed by atoms with Crippen molar-refractivity contribution in [2.45, 2.75) is 39.5 Å². The van der Waals surface area contributed by atoms with E-state index in [1.165, 1.54) is 12.8 Å². The summed E-state index contributed by atoms with van der Waals surface area (Å²) in [7, 11) is 0. The molecule has 0 atom stereocenters. The summed E-state index contributed by atoms with van der Waals surface area (Å²) in [6.07, 6.45) is 4.49. The number of nitrogens with one attached hydrogen (secondary N) is 1. The first kappa shape index (κ1) is 10.7. The molecule has 76 valence electrons. The highest BCUT2D eigenvalue weighted by Crippen LogP contribution is 2.27. The molecule has 0 bridgehead atoms. The van der Waals surface area contributed by atoms with Crippen LogP contribution in [0.15, 0.2) is 0 Å². The number of rotatable bonds is 7. The fourth-order valence-corrected chi connectivity index (χ4v) is 1.28. The van der Waals surface area contributed by atoms with Crippen LogP contribution in [0.3, 0.4) is 0 Å². The largest absolute Gasteiger partial charge is 0.310 e. The summed E-state index contributed by atoms with van der Waals surface area (Å²) < 4.78 is 0. The van der Waals surface area contributed by atoms with Crippen molar-refractivity contribution in [2.24, 2.45) is 11.8 Å². The van der Waals surface area contributed by atoms with Crippen molar-refractivity contribution in [3.63, 3.8) is 0 Å². The van der Waals surface area contributed by atoms with Crippen molar-refractivity contribution < 1.29 is 4.79 Å². The van der Waals surface area contributed by atoms with Crippen molar-refractivity contribution in [3.05, 3.63) is 0 Å². The average molecular weight is 183 g/mol. The maximum atomic E-state index is 11.3. The van der Waals surface area contributed by atoms with Gasteiger partial charge >= 0.3 is 0 Å². The topological polar surface area (TPSA) is 29.1 Å². The third-order valence-electron chi connectivity index (χ3n) is 2.45. The second-order valence-electron chi connectivity index (χ2n) is 4.55. The molecule has 0 saturated heterocycles. The molecule has 1 saturated carbocycles. The highest BCUT2D eigenvalue weighted by atomic mass is 16.1. The zero-order valence-corrected chi connectivity index (χ0v) is 8.81. The van der Waals surface area contributed by atoms with Crippen molar-refractivity contribution in [2.75, 3.05) is 13.1 Å². The molecule has 0 amide bonds. The van der Waals surface area contributed by atoms with E-state index in [4.69, 9.17) is 0 Å². The molecule has 2 heteroatoms. The molecule has 0 aliphatic heterocycles. The van der Waals surface area contributed by atoms with Gasteiger partial charge in [0.05, 0.1) is 6.54 Å². The molecule has 1 rings (SSSR count). The van der Waals surface area contributed by atoms with Crippen LogP contribution in [0.25, 0.3) is 0 Å². The maximum Gasteiger partial charge on any atom is 0.146 e. The van der Waals surface area contributed by atoms with E-state index >= 15 is 0 Å². The number of carbonyl (C=O) groups is 1. The SMILES string of the molecule is CC(C)CCC(=O)CNCC1CC1. The monoisotopic (exact) mass is 183 g/mol. The van der Waals surface area contributed by atoms with Gasteiger partial charge in [0.2, 0.25) is 0 Å². The summed E-state index contributed by atoms with van der Waals surface area (Å²) in [5.74, 6) is 1.89. The molecular formula is C11H21NO. The Kier molecular flexibility index (Phi) is 4.43. The van der Waals surface area contributed by atoms with E-state index in [-0.39, 0.29) is 0 Å². The van der Waals surface area contributed by atoms with E-state index in [9.17, 15) is 4.79 Å². The summed E-state index contributed by atoms with van der Waals surface area (Å²) in [4.78, 5) is 11.3. The normalized spacial score (nSPS) is 16.5. The number of hydrogen-bond acceptors (Lipinski definition) is 2. The number of Topliss-reactive ketones (excluding diaryl/α,β-unsaturated/α-hetero) is 1. The standard InChI is InChI=1S/C11H21NO/c1-9(2)3-6-11(13)8-12-7-10-4-5-10/h9-10,12H,3-8H2,1-2H3. The summed E-state index contributed by atoms with van der Waals surface area (Å²) in [5.41, 5.74) is 0. The quantitative estimate of drug-likeness (QED) is 0.654. The first-order valence-electron chi connectivity index (χ1n) is 5.41. The van der Waals surface area contributed by atoms with Gasteiger partial charge < -0.3 is 5.32 Å². The number of carbonyl (C=O) groups excluding carboxylic acids is 1. The summed E-state index contributed by atoms with van der Waals surface area (Å²) in [6.45, 7) is 5.95. The lowest BCUT2D eigenvalue weighted by Gasteiger charge is -2.04. The van der Waals surface area contributed by atoms with Crippen LogP contribution < -0.4 is 5.32 Å². The van der Waals surface area contributed by atoms with Crippen LogP contribution in [-0.4, -0.2) is 18.9 Å². The van der Waals surface area contributed by atoms with E-state index in [1.54, 1.807) is 0 Å². The van der Waals surface area contributed by atoms with E-state index in [1.807, 2.05) is 0 Å². The third-order valence-corrected chi connectivity index (χ3v) is 2.45. The predicted molar refractivity (Wildman–Crippen MR) is 54.7 cm³/mol. The molecule has 0 aromatic carbocycles. The highest BCUT2D eigenvalue weighted by Gasteiger charge is 2.20. The molecule has 1 aliphatic carbocycles. The van der Waals surface area contributed by atoms with E-state index in [2.05, 4.69) is 19.2 Å². The maximum absolute atomic E-state index is 11.3. The Morgan fingerprint density at radius 3 is 2.69 bits per heavy atom. The van der Waals surface area contributed by atoms with Crippen LogP contribution in [0.4, 0.5) is 0 Å². The lowest BCUT2D eigenvalue weighted by molar-refractivity contribution is -0.118. The summed E-state index contributed by atoms with van der Waals surface area (Å²) in [6, 6.07) is 0. The molecule has 0 radical (unpaired) electrons. The van der Waals surface area contributed by atoms with E-state index in [0.717, 1.165) is 25.3 Å². The van der Waals surface area contributed by atoms with E-state index < -0.39 is 0 Å². The zero-order chi connectivity index (χ0) is 9.68. The zero-order valence-electron chi connectivity index (χ0n) is 8.81. The van der Waals surface area contributed by atoms with E-state index in [0.29, 0.717) is 18.2 Å². The molecule has 0 heterocycles. The number of ketones is 1.